The number of nitrogens with one attached hydrogen (secondary N) is 1. The lowest BCUT2D eigenvalue weighted by molar-refractivity contribution is -0.121. The quantitative estimate of drug-likeness (QED) is 0.604. The smallest absolute Gasteiger partial charge is 0.262 e. The number of likely N-dealkylation sites (tertiary alicyclic amines) is 1. The molecular weight excluding hydrogens is 318 g/mol. The number of carbonyl (C=O) groups is 3. The number of imide groups is 1. The van der Waals surface area contributed by atoms with Crippen LogP contribution in [0.5, 0.6) is 0 Å². The number of unbranched alkanes of at least 4 members (excludes halogenated alkanes) is 1. The zero-order valence-corrected chi connectivity index (χ0v) is 14.5. The van der Waals surface area contributed by atoms with Gasteiger partial charge in [0.05, 0.1) is 11.1 Å². The highest BCUT2D eigenvalue weighted by Gasteiger charge is 2.36. The average Bonchev–Trinajstić information content (AvgIpc) is 2.88. The molecule has 0 spiro atoms. The number of hydrogen-bond acceptors (Lipinski definition) is 4. The van der Waals surface area contributed by atoms with Gasteiger partial charge in [0.15, 0.2) is 0 Å². The number of amides is 3. The van der Waals surface area contributed by atoms with Gasteiger partial charge in [-0.15, -0.1) is 0 Å². The van der Waals surface area contributed by atoms with Gasteiger partial charge >= 0.3 is 0 Å². The molecule has 0 atom stereocenters. The Morgan fingerprint density at radius 3 is 2.24 bits per heavy atom. The highest BCUT2D eigenvalue weighted by atomic mass is 16.2. The van der Waals surface area contributed by atoms with Gasteiger partial charge in [-0.3, -0.25) is 19.3 Å². The third kappa shape index (κ3) is 4.25. The lowest BCUT2D eigenvalue weighted by atomic mass is 10.1. The third-order valence-corrected chi connectivity index (χ3v) is 4.85. The van der Waals surface area contributed by atoms with Crippen molar-refractivity contribution in [3.05, 3.63) is 35.4 Å². The predicted octanol–water partition coefficient (Wildman–Crippen LogP) is 1.66. The van der Waals surface area contributed by atoms with Gasteiger partial charge in [0, 0.05) is 6.54 Å². The van der Waals surface area contributed by atoms with Crippen LogP contribution in [0.4, 0.5) is 0 Å². The first-order valence-corrected chi connectivity index (χ1v) is 9.11. The summed E-state index contributed by atoms with van der Waals surface area (Å²) in [6.07, 6.45) is 5.87. The van der Waals surface area contributed by atoms with E-state index in [0.717, 1.165) is 24.3 Å². The van der Waals surface area contributed by atoms with Gasteiger partial charge < -0.3 is 10.2 Å². The van der Waals surface area contributed by atoms with Gasteiger partial charge in [-0.05, 0) is 57.5 Å². The summed E-state index contributed by atoms with van der Waals surface area (Å²) in [6.45, 7) is 3.82. The number of benzene rings is 1. The second kappa shape index (κ2) is 8.25. The number of rotatable bonds is 7. The van der Waals surface area contributed by atoms with Crippen LogP contribution in [-0.4, -0.2) is 60.2 Å². The molecule has 6 nitrogen and oxygen atoms in total. The molecular formula is C19H25N3O3. The molecule has 3 amide bonds. The maximum atomic E-state index is 12.2. The van der Waals surface area contributed by atoms with Crippen molar-refractivity contribution in [1.82, 2.24) is 15.1 Å². The minimum Gasteiger partial charge on any atom is -0.355 e. The van der Waals surface area contributed by atoms with Gasteiger partial charge in [-0.25, -0.2) is 0 Å². The maximum Gasteiger partial charge on any atom is 0.262 e. The van der Waals surface area contributed by atoms with Crippen LogP contribution in [0.1, 0.15) is 52.8 Å². The van der Waals surface area contributed by atoms with Crippen LogP contribution < -0.4 is 5.32 Å². The van der Waals surface area contributed by atoms with Crippen LogP contribution in [0.2, 0.25) is 0 Å². The molecule has 1 aromatic rings. The molecule has 6 heteroatoms. The van der Waals surface area contributed by atoms with E-state index in [1.54, 1.807) is 24.3 Å². The van der Waals surface area contributed by atoms with Crippen LogP contribution in [0.15, 0.2) is 24.3 Å². The molecule has 1 fully saturated rings. The second-order valence-electron chi connectivity index (χ2n) is 6.70. The highest BCUT2D eigenvalue weighted by molar-refractivity contribution is 6.22. The summed E-state index contributed by atoms with van der Waals surface area (Å²) < 4.78 is 0. The molecule has 1 N–H and O–H groups in total. The van der Waals surface area contributed by atoms with Crippen molar-refractivity contribution >= 4 is 17.7 Å². The standard InChI is InChI=1S/C19H25N3O3/c23-17(20-10-4-7-13-21-11-5-1-6-12-21)14-22-18(24)15-8-2-3-9-16(15)19(22)25/h2-3,8-9H,1,4-7,10-14H2,(H,20,23). The van der Waals surface area contributed by atoms with Crippen LogP contribution in [0.3, 0.4) is 0 Å². The normalized spacial score (nSPS) is 17.7. The van der Waals surface area contributed by atoms with E-state index in [1.165, 1.54) is 32.4 Å². The summed E-state index contributed by atoms with van der Waals surface area (Å²) in [5, 5.41) is 2.81. The van der Waals surface area contributed by atoms with Crippen molar-refractivity contribution in [1.29, 1.82) is 0 Å². The van der Waals surface area contributed by atoms with Crippen molar-refractivity contribution in [2.75, 3.05) is 32.7 Å². The molecule has 0 radical (unpaired) electrons. The van der Waals surface area contributed by atoms with Crippen molar-refractivity contribution in [3.8, 4) is 0 Å². The van der Waals surface area contributed by atoms with Crippen LogP contribution in [0.25, 0.3) is 0 Å². The first-order chi connectivity index (χ1) is 12.2. The molecule has 1 saturated heterocycles. The van der Waals surface area contributed by atoms with E-state index < -0.39 is 0 Å². The van der Waals surface area contributed by atoms with Crippen molar-refractivity contribution < 1.29 is 14.4 Å². The predicted molar refractivity (Wildman–Crippen MR) is 94.3 cm³/mol. The molecule has 0 bridgehead atoms. The van der Waals surface area contributed by atoms with E-state index in [1.807, 2.05) is 0 Å². The van der Waals surface area contributed by atoms with Gasteiger partial charge in [0.2, 0.25) is 5.91 Å². The second-order valence-corrected chi connectivity index (χ2v) is 6.70. The number of piperidine rings is 1. The van der Waals surface area contributed by atoms with Crippen LogP contribution >= 0.6 is 0 Å². The largest absolute Gasteiger partial charge is 0.355 e. The minimum atomic E-state index is -0.388. The highest BCUT2D eigenvalue weighted by Crippen LogP contribution is 2.21. The zero-order chi connectivity index (χ0) is 17.6. The first kappa shape index (κ1) is 17.6. The third-order valence-electron chi connectivity index (χ3n) is 4.85. The van der Waals surface area contributed by atoms with Crippen molar-refractivity contribution in [2.45, 2.75) is 32.1 Å². The minimum absolute atomic E-state index is 0.210. The van der Waals surface area contributed by atoms with Crippen molar-refractivity contribution in [2.24, 2.45) is 0 Å². The molecule has 0 aliphatic carbocycles. The Morgan fingerprint density at radius 1 is 0.960 bits per heavy atom. The van der Waals surface area contributed by atoms with Gasteiger partial charge in [0.25, 0.3) is 11.8 Å². The summed E-state index contributed by atoms with van der Waals surface area (Å²) in [6, 6.07) is 6.67. The lowest BCUT2D eigenvalue weighted by Crippen LogP contribution is -2.40. The monoisotopic (exact) mass is 343 g/mol. The first-order valence-electron chi connectivity index (χ1n) is 9.11. The molecule has 2 heterocycles. The number of carbonyl (C=O) groups excluding carboxylic acids is 3. The molecule has 2 aliphatic rings. The molecule has 1 aromatic carbocycles. The summed E-state index contributed by atoms with van der Waals surface area (Å²) in [7, 11) is 0. The van der Waals surface area contributed by atoms with Gasteiger partial charge in [0.1, 0.15) is 6.54 Å². The van der Waals surface area contributed by atoms with Crippen LogP contribution in [-0.2, 0) is 4.79 Å². The zero-order valence-electron chi connectivity index (χ0n) is 14.5. The SMILES string of the molecule is O=C(CN1C(=O)c2ccccc2C1=O)NCCCCN1CCCCC1. The Labute approximate surface area is 148 Å². The van der Waals surface area contributed by atoms with E-state index in [2.05, 4.69) is 10.2 Å². The summed E-state index contributed by atoms with van der Waals surface area (Å²) in [5.74, 6) is -1.06. The molecule has 2 aliphatic heterocycles. The lowest BCUT2D eigenvalue weighted by Gasteiger charge is -2.26. The van der Waals surface area contributed by atoms with E-state index in [0.29, 0.717) is 17.7 Å². The fourth-order valence-electron chi connectivity index (χ4n) is 3.45. The molecule has 3 rings (SSSR count). The van der Waals surface area contributed by atoms with Gasteiger partial charge in [-0.2, -0.15) is 0 Å². The van der Waals surface area contributed by atoms with E-state index in [9.17, 15) is 14.4 Å². The number of hydrogen-bond donors (Lipinski definition) is 1. The van der Waals surface area contributed by atoms with Crippen LogP contribution in [0, 0.1) is 0 Å². The molecule has 25 heavy (non-hydrogen) atoms. The van der Waals surface area contributed by atoms with Crippen molar-refractivity contribution in [3.63, 3.8) is 0 Å². The Balaban J connectivity index is 1.37. The van der Waals surface area contributed by atoms with E-state index in [-0.39, 0.29) is 24.3 Å². The topological polar surface area (TPSA) is 69.7 Å². The average molecular weight is 343 g/mol. The number of fused-ring (bicyclic) bond motifs is 1. The van der Waals surface area contributed by atoms with E-state index >= 15 is 0 Å². The molecule has 0 saturated carbocycles. The molecule has 134 valence electrons. The summed E-state index contributed by atoms with van der Waals surface area (Å²) in [5.41, 5.74) is 0.753. The maximum absolute atomic E-state index is 12.2. The fraction of sp³-hybridized carbons (Fsp3) is 0.526. The Kier molecular flexibility index (Phi) is 5.81. The summed E-state index contributed by atoms with van der Waals surface area (Å²) in [4.78, 5) is 40.0. The molecule has 0 unspecified atom stereocenters. The number of nitrogens with zero attached hydrogens (tertiary/aromatic N) is 2. The summed E-state index contributed by atoms with van der Waals surface area (Å²) >= 11 is 0. The van der Waals surface area contributed by atoms with Gasteiger partial charge in [-0.1, -0.05) is 18.6 Å². The fourth-order valence-corrected chi connectivity index (χ4v) is 3.45. The Hall–Kier alpha value is -2.21. The van der Waals surface area contributed by atoms with E-state index in [4.69, 9.17) is 0 Å². The Bertz CT molecular complexity index is 618. The molecule has 0 aromatic heterocycles. The Morgan fingerprint density at radius 2 is 1.60 bits per heavy atom.